The van der Waals surface area contributed by atoms with Gasteiger partial charge in [-0.05, 0) is 6.07 Å². The number of alkyl halides is 2. The van der Waals surface area contributed by atoms with Crippen molar-refractivity contribution in [2.24, 2.45) is 0 Å². The van der Waals surface area contributed by atoms with Crippen LogP contribution in [0.15, 0.2) is 12.1 Å². The number of nitrogen functional groups attached to an aromatic ring is 1. The highest BCUT2D eigenvalue weighted by atomic mass is 35.5. The van der Waals surface area contributed by atoms with Gasteiger partial charge < -0.3 is 10.5 Å². The molecule has 0 unspecified atom stereocenters. The molecule has 0 bridgehead atoms. The van der Waals surface area contributed by atoms with Gasteiger partial charge in [0.1, 0.15) is 5.82 Å². The van der Waals surface area contributed by atoms with E-state index in [4.69, 9.17) is 17.3 Å². The lowest BCUT2D eigenvalue weighted by atomic mass is 10.3. The van der Waals surface area contributed by atoms with Crippen LogP contribution in [-0.4, -0.2) is 6.61 Å². The Morgan fingerprint density at radius 2 is 2.00 bits per heavy atom. The maximum atomic E-state index is 12.6. The van der Waals surface area contributed by atoms with Gasteiger partial charge in [-0.15, -0.1) is 0 Å². The van der Waals surface area contributed by atoms with Crippen molar-refractivity contribution in [2.75, 3.05) is 5.73 Å². The molecule has 0 atom stereocenters. The average Bonchev–Trinajstić information content (AvgIpc) is 1.98. The molecular formula is C7H5ClF3NO. The zero-order chi connectivity index (χ0) is 10.0. The lowest BCUT2D eigenvalue weighted by molar-refractivity contribution is -0.0494. The zero-order valence-electron chi connectivity index (χ0n) is 6.23. The first-order valence-corrected chi connectivity index (χ1v) is 3.58. The fourth-order valence-corrected chi connectivity index (χ4v) is 0.952. The van der Waals surface area contributed by atoms with Gasteiger partial charge in [-0.3, -0.25) is 0 Å². The van der Waals surface area contributed by atoms with Crippen molar-refractivity contribution in [2.45, 2.75) is 6.61 Å². The molecule has 0 aliphatic heterocycles. The first-order chi connectivity index (χ1) is 6.00. The van der Waals surface area contributed by atoms with E-state index >= 15 is 0 Å². The Balaban J connectivity index is 3.05. The van der Waals surface area contributed by atoms with Gasteiger partial charge in [0.05, 0.1) is 10.7 Å². The number of hydrogen-bond donors (Lipinski definition) is 1. The van der Waals surface area contributed by atoms with Crippen molar-refractivity contribution in [3.05, 3.63) is 23.0 Å². The number of halogens is 4. The average molecular weight is 212 g/mol. The highest BCUT2D eigenvalue weighted by Crippen LogP contribution is 2.31. The molecule has 0 fully saturated rings. The third kappa shape index (κ3) is 2.42. The molecule has 2 nitrogen and oxygen atoms in total. The minimum Gasteiger partial charge on any atom is -0.432 e. The maximum absolute atomic E-state index is 12.6. The van der Waals surface area contributed by atoms with E-state index in [0.29, 0.717) is 0 Å². The molecule has 0 saturated carbocycles. The second-order valence-corrected chi connectivity index (χ2v) is 2.59. The van der Waals surface area contributed by atoms with Crippen LogP contribution >= 0.6 is 11.6 Å². The van der Waals surface area contributed by atoms with Crippen LogP contribution in [0, 0.1) is 5.82 Å². The molecule has 1 aromatic rings. The second kappa shape index (κ2) is 3.74. The van der Waals surface area contributed by atoms with Gasteiger partial charge in [0.2, 0.25) is 0 Å². The molecule has 0 aromatic heterocycles. The number of anilines is 1. The Bertz CT molecular complexity index is 319. The summed E-state index contributed by atoms with van der Waals surface area (Å²) < 4.78 is 40.0. The Labute approximate surface area is 77.0 Å². The summed E-state index contributed by atoms with van der Waals surface area (Å²) in [5, 5.41) is -0.157. The quantitative estimate of drug-likeness (QED) is 0.764. The lowest BCUT2D eigenvalue weighted by Crippen LogP contribution is -2.05. The second-order valence-electron chi connectivity index (χ2n) is 2.18. The molecule has 0 heterocycles. The molecule has 0 radical (unpaired) electrons. The van der Waals surface area contributed by atoms with Crippen molar-refractivity contribution in [1.29, 1.82) is 0 Å². The van der Waals surface area contributed by atoms with Crippen molar-refractivity contribution in [1.82, 2.24) is 0 Å². The van der Waals surface area contributed by atoms with E-state index in [1.165, 1.54) is 0 Å². The number of nitrogens with two attached hydrogens (primary N) is 1. The minimum atomic E-state index is -3.06. The summed E-state index contributed by atoms with van der Waals surface area (Å²) in [7, 11) is 0. The van der Waals surface area contributed by atoms with Gasteiger partial charge in [-0.2, -0.15) is 8.78 Å². The molecule has 2 N–H and O–H groups in total. The summed E-state index contributed by atoms with van der Waals surface area (Å²) >= 11 is 5.41. The smallest absolute Gasteiger partial charge is 0.387 e. The normalized spacial score (nSPS) is 10.5. The largest absolute Gasteiger partial charge is 0.432 e. The summed E-state index contributed by atoms with van der Waals surface area (Å²) in [5.41, 5.74) is 5.04. The number of ether oxygens (including phenoxy) is 1. The highest BCUT2D eigenvalue weighted by molar-refractivity contribution is 6.33. The predicted molar refractivity (Wildman–Crippen MR) is 42.5 cm³/mol. The van der Waals surface area contributed by atoms with Crippen LogP contribution in [0.5, 0.6) is 5.75 Å². The first-order valence-electron chi connectivity index (χ1n) is 3.20. The van der Waals surface area contributed by atoms with Gasteiger partial charge in [0, 0.05) is 6.07 Å². The molecule has 0 aliphatic carbocycles. The van der Waals surface area contributed by atoms with Crippen molar-refractivity contribution in [3.8, 4) is 5.75 Å². The van der Waals surface area contributed by atoms with Gasteiger partial charge in [0.25, 0.3) is 0 Å². The third-order valence-corrected chi connectivity index (χ3v) is 1.59. The molecule has 0 saturated heterocycles. The highest BCUT2D eigenvalue weighted by Gasteiger charge is 2.12. The molecule has 72 valence electrons. The van der Waals surface area contributed by atoms with Crippen LogP contribution in [0.25, 0.3) is 0 Å². The Morgan fingerprint density at radius 3 is 2.54 bits per heavy atom. The van der Waals surface area contributed by atoms with Gasteiger partial charge in [-0.1, -0.05) is 11.6 Å². The standard InChI is InChI=1S/C7H5ClF3NO/c8-4-1-3(9)2-5(6(4)12)13-7(10)11/h1-2,7H,12H2. The van der Waals surface area contributed by atoms with E-state index in [1.807, 2.05) is 0 Å². The molecule has 6 heteroatoms. The zero-order valence-corrected chi connectivity index (χ0v) is 6.99. The van der Waals surface area contributed by atoms with Crippen molar-refractivity contribution in [3.63, 3.8) is 0 Å². The predicted octanol–water partition coefficient (Wildman–Crippen LogP) is 2.66. The Kier molecular flexibility index (Phi) is 2.87. The molecular weight excluding hydrogens is 207 g/mol. The van der Waals surface area contributed by atoms with Crippen LogP contribution in [0.4, 0.5) is 18.9 Å². The molecule has 1 aromatic carbocycles. The SMILES string of the molecule is Nc1c(Cl)cc(F)cc1OC(F)F. The van der Waals surface area contributed by atoms with Gasteiger partial charge in [0.15, 0.2) is 5.75 Å². The fraction of sp³-hybridized carbons (Fsp3) is 0.143. The minimum absolute atomic E-state index is 0.157. The summed E-state index contributed by atoms with van der Waals surface area (Å²) in [6.07, 6.45) is 0. The summed E-state index contributed by atoms with van der Waals surface area (Å²) in [5.74, 6) is -1.24. The monoisotopic (exact) mass is 211 g/mol. The van der Waals surface area contributed by atoms with E-state index in [9.17, 15) is 13.2 Å². The van der Waals surface area contributed by atoms with E-state index in [-0.39, 0.29) is 10.7 Å². The number of benzene rings is 1. The first kappa shape index (κ1) is 9.98. The van der Waals surface area contributed by atoms with Crippen molar-refractivity contribution >= 4 is 17.3 Å². The summed E-state index contributed by atoms with van der Waals surface area (Å²) in [4.78, 5) is 0. The van der Waals surface area contributed by atoms with Crippen LogP contribution in [-0.2, 0) is 0 Å². The number of hydrogen-bond acceptors (Lipinski definition) is 2. The van der Waals surface area contributed by atoms with Crippen LogP contribution < -0.4 is 10.5 Å². The van der Waals surface area contributed by atoms with Crippen LogP contribution in [0.1, 0.15) is 0 Å². The van der Waals surface area contributed by atoms with Gasteiger partial charge in [-0.25, -0.2) is 4.39 Å². The van der Waals surface area contributed by atoms with E-state index < -0.39 is 18.2 Å². The van der Waals surface area contributed by atoms with E-state index in [2.05, 4.69) is 4.74 Å². The summed E-state index contributed by atoms with van der Waals surface area (Å²) in [6.45, 7) is -3.06. The van der Waals surface area contributed by atoms with E-state index in [0.717, 1.165) is 12.1 Å². The van der Waals surface area contributed by atoms with E-state index in [1.54, 1.807) is 0 Å². The maximum Gasteiger partial charge on any atom is 0.387 e. The molecule has 1 rings (SSSR count). The fourth-order valence-electron chi connectivity index (χ4n) is 0.755. The number of rotatable bonds is 2. The molecule has 0 aliphatic rings. The molecule has 13 heavy (non-hydrogen) atoms. The third-order valence-electron chi connectivity index (χ3n) is 1.27. The Hall–Kier alpha value is -1.10. The van der Waals surface area contributed by atoms with Gasteiger partial charge >= 0.3 is 6.61 Å². The van der Waals surface area contributed by atoms with Crippen LogP contribution in [0.3, 0.4) is 0 Å². The molecule has 0 spiro atoms. The van der Waals surface area contributed by atoms with Crippen LogP contribution in [0.2, 0.25) is 5.02 Å². The summed E-state index contributed by atoms with van der Waals surface area (Å²) in [6, 6.07) is 1.66. The topological polar surface area (TPSA) is 35.2 Å². The molecule has 0 amide bonds. The van der Waals surface area contributed by atoms with Crippen molar-refractivity contribution < 1.29 is 17.9 Å². The lowest BCUT2D eigenvalue weighted by Gasteiger charge is -2.08. The Morgan fingerprint density at radius 1 is 1.38 bits per heavy atom.